The largest absolute Gasteiger partial charge is 0.508 e. The zero-order valence-corrected chi connectivity index (χ0v) is 12.3. The summed E-state index contributed by atoms with van der Waals surface area (Å²) in [6.45, 7) is 6.37. The number of likely N-dealkylation sites (N-methyl/N-ethyl adjacent to an activating group) is 1. The van der Waals surface area contributed by atoms with Crippen LogP contribution >= 0.6 is 12.4 Å². The van der Waals surface area contributed by atoms with E-state index in [1.165, 1.54) is 16.7 Å². The second-order valence-corrected chi connectivity index (χ2v) is 4.79. The molecule has 3 heteroatoms. The van der Waals surface area contributed by atoms with Crippen LogP contribution in [0.3, 0.4) is 0 Å². The molecule has 98 valence electrons. The number of hydrogen-bond acceptors (Lipinski definition) is 2. The normalized spacial score (nSPS) is 12.4. The number of benzene rings is 1. The van der Waals surface area contributed by atoms with E-state index in [4.69, 9.17) is 0 Å². The van der Waals surface area contributed by atoms with Gasteiger partial charge in [-0.3, -0.25) is 0 Å². The first-order valence-corrected chi connectivity index (χ1v) is 5.91. The van der Waals surface area contributed by atoms with Gasteiger partial charge in [0.2, 0.25) is 0 Å². The molecule has 2 nitrogen and oxygen atoms in total. The van der Waals surface area contributed by atoms with Gasteiger partial charge in [0.25, 0.3) is 0 Å². The van der Waals surface area contributed by atoms with Crippen molar-refractivity contribution < 1.29 is 5.11 Å². The van der Waals surface area contributed by atoms with Crippen molar-refractivity contribution in [1.82, 2.24) is 4.90 Å². The standard InChI is InChI=1S/C14H23NO.ClH/c1-6-12(15(4)5)9-14-10(2)7-13(16)8-11(14)3;/h7-8,12,16H,6,9H2,1-5H3;1H/t12-;/m1./s1. The van der Waals surface area contributed by atoms with Gasteiger partial charge < -0.3 is 10.0 Å². The van der Waals surface area contributed by atoms with Crippen LogP contribution in [0, 0.1) is 13.8 Å². The smallest absolute Gasteiger partial charge is 0.116 e. The van der Waals surface area contributed by atoms with Gasteiger partial charge in [-0.05, 0) is 69.6 Å². The van der Waals surface area contributed by atoms with E-state index in [1.54, 1.807) is 0 Å². The molecule has 0 unspecified atom stereocenters. The molecular weight excluding hydrogens is 234 g/mol. The second-order valence-electron chi connectivity index (χ2n) is 4.79. The molecule has 0 aromatic heterocycles. The lowest BCUT2D eigenvalue weighted by molar-refractivity contribution is 0.283. The Hall–Kier alpha value is -0.730. The zero-order chi connectivity index (χ0) is 12.3. The molecule has 1 aromatic carbocycles. The lowest BCUT2D eigenvalue weighted by Crippen LogP contribution is -2.29. The molecule has 1 aromatic rings. The van der Waals surface area contributed by atoms with E-state index in [1.807, 2.05) is 12.1 Å². The molecule has 17 heavy (non-hydrogen) atoms. The van der Waals surface area contributed by atoms with Crippen molar-refractivity contribution >= 4 is 12.4 Å². The van der Waals surface area contributed by atoms with Crippen molar-refractivity contribution in [1.29, 1.82) is 0 Å². The summed E-state index contributed by atoms with van der Waals surface area (Å²) in [5.74, 6) is 0.372. The van der Waals surface area contributed by atoms with Crippen molar-refractivity contribution in [3.8, 4) is 5.75 Å². The molecule has 0 radical (unpaired) electrons. The summed E-state index contributed by atoms with van der Waals surface area (Å²) in [7, 11) is 4.25. The maximum absolute atomic E-state index is 9.51. The van der Waals surface area contributed by atoms with Gasteiger partial charge in [-0.25, -0.2) is 0 Å². The number of hydrogen-bond donors (Lipinski definition) is 1. The molecule has 1 N–H and O–H groups in total. The lowest BCUT2D eigenvalue weighted by atomic mass is 9.94. The number of aromatic hydroxyl groups is 1. The van der Waals surface area contributed by atoms with Crippen LogP contribution in [-0.4, -0.2) is 30.1 Å². The van der Waals surface area contributed by atoms with Crippen molar-refractivity contribution in [2.75, 3.05) is 14.1 Å². The third-order valence-corrected chi connectivity index (χ3v) is 3.32. The van der Waals surface area contributed by atoms with Crippen molar-refractivity contribution in [2.45, 2.75) is 39.7 Å². The van der Waals surface area contributed by atoms with Crippen molar-refractivity contribution in [3.05, 3.63) is 28.8 Å². The first kappa shape index (κ1) is 16.3. The molecule has 0 aliphatic carbocycles. The molecule has 0 aliphatic heterocycles. The Morgan fingerprint density at radius 2 is 1.65 bits per heavy atom. The Kier molecular flexibility index (Phi) is 6.58. The van der Waals surface area contributed by atoms with Gasteiger partial charge in [-0.15, -0.1) is 12.4 Å². The van der Waals surface area contributed by atoms with Crippen LogP contribution in [0.2, 0.25) is 0 Å². The van der Waals surface area contributed by atoms with Gasteiger partial charge in [0, 0.05) is 6.04 Å². The number of phenols is 1. The fraction of sp³-hybridized carbons (Fsp3) is 0.571. The zero-order valence-electron chi connectivity index (χ0n) is 11.4. The van der Waals surface area contributed by atoms with Gasteiger partial charge in [0.05, 0.1) is 0 Å². The topological polar surface area (TPSA) is 23.5 Å². The van der Waals surface area contributed by atoms with Gasteiger partial charge >= 0.3 is 0 Å². The molecule has 1 atom stereocenters. The average Bonchev–Trinajstić information content (AvgIpc) is 2.15. The predicted molar refractivity (Wildman–Crippen MR) is 76.3 cm³/mol. The number of halogens is 1. The summed E-state index contributed by atoms with van der Waals surface area (Å²) in [4.78, 5) is 2.27. The van der Waals surface area contributed by atoms with E-state index in [2.05, 4.69) is 39.8 Å². The molecule has 0 heterocycles. The minimum atomic E-state index is 0. The molecule has 0 spiro atoms. The Labute approximate surface area is 111 Å². The van der Waals surface area contributed by atoms with E-state index in [0.29, 0.717) is 11.8 Å². The quantitative estimate of drug-likeness (QED) is 0.895. The summed E-state index contributed by atoms with van der Waals surface area (Å²) in [5.41, 5.74) is 3.76. The minimum Gasteiger partial charge on any atom is -0.508 e. The van der Waals surface area contributed by atoms with E-state index < -0.39 is 0 Å². The highest BCUT2D eigenvalue weighted by molar-refractivity contribution is 5.85. The van der Waals surface area contributed by atoms with Gasteiger partial charge in [-0.1, -0.05) is 6.92 Å². The maximum atomic E-state index is 9.51. The number of phenolic OH excluding ortho intramolecular Hbond substituents is 1. The van der Waals surface area contributed by atoms with Crippen LogP contribution in [0.25, 0.3) is 0 Å². The van der Waals surface area contributed by atoms with Gasteiger partial charge in [-0.2, -0.15) is 0 Å². The number of rotatable bonds is 4. The molecule has 0 bridgehead atoms. The molecule has 0 saturated heterocycles. The highest BCUT2D eigenvalue weighted by Gasteiger charge is 2.13. The van der Waals surface area contributed by atoms with Crippen LogP contribution in [0.15, 0.2) is 12.1 Å². The molecule has 1 rings (SSSR count). The number of nitrogens with zero attached hydrogens (tertiary/aromatic N) is 1. The van der Waals surface area contributed by atoms with Crippen LogP contribution in [0.4, 0.5) is 0 Å². The van der Waals surface area contributed by atoms with Crippen LogP contribution < -0.4 is 0 Å². The minimum absolute atomic E-state index is 0. The fourth-order valence-corrected chi connectivity index (χ4v) is 2.22. The third kappa shape index (κ3) is 4.21. The average molecular weight is 258 g/mol. The lowest BCUT2D eigenvalue weighted by Gasteiger charge is -2.24. The molecule has 0 saturated carbocycles. The predicted octanol–water partition coefficient (Wildman–Crippen LogP) is 3.31. The third-order valence-electron chi connectivity index (χ3n) is 3.32. The summed E-state index contributed by atoms with van der Waals surface area (Å²) >= 11 is 0. The Balaban J connectivity index is 0.00000256. The van der Waals surface area contributed by atoms with Crippen molar-refractivity contribution in [3.63, 3.8) is 0 Å². The van der Waals surface area contributed by atoms with Crippen LogP contribution in [-0.2, 0) is 6.42 Å². The molecule has 0 amide bonds. The summed E-state index contributed by atoms with van der Waals surface area (Å²) in [6, 6.07) is 4.28. The van der Waals surface area contributed by atoms with Crippen LogP contribution in [0.1, 0.15) is 30.0 Å². The summed E-state index contributed by atoms with van der Waals surface area (Å²) in [5, 5.41) is 9.51. The Bertz CT molecular complexity index is 340. The Morgan fingerprint density at radius 1 is 1.18 bits per heavy atom. The van der Waals surface area contributed by atoms with E-state index >= 15 is 0 Å². The van der Waals surface area contributed by atoms with Crippen LogP contribution in [0.5, 0.6) is 5.75 Å². The molecule has 0 fully saturated rings. The fourth-order valence-electron chi connectivity index (χ4n) is 2.22. The second kappa shape index (κ2) is 6.87. The first-order valence-electron chi connectivity index (χ1n) is 5.91. The van der Waals surface area contributed by atoms with Gasteiger partial charge in [0.1, 0.15) is 5.75 Å². The molecule has 0 aliphatic rings. The maximum Gasteiger partial charge on any atom is 0.116 e. The summed E-state index contributed by atoms with van der Waals surface area (Å²) in [6.07, 6.45) is 2.20. The number of aryl methyl sites for hydroxylation is 2. The van der Waals surface area contributed by atoms with E-state index in [-0.39, 0.29) is 12.4 Å². The van der Waals surface area contributed by atoms with E-state index in [9.17, 15) is 5.11 Å². The SMILES string of the molecule is CC[C@H](Cc1c(C)cc(O)cc1C)N(C)C.Cl. The Morgan fingerprint density at radius 3 is 2.00 bits per heavy atom. The van der Waals surface area contributed by atoms with Crippen molar-refractivity contribution in [2.24, 2.45) is 0 Å². The van der Waals surface area contributed by atoms with E-state index in [0.717, 1.165) is 12.8 Å². The first-order chi connectivity index (χ1) is 7.45. The van der Waals surface area contributed by atoms with Gasteiger partial charge in [0.15, 0.2) is 0 Å². The monoisotopic (exact) mass is 257 g/mol. The molecular formula is C14H24ClNO. The summed E-state index contributed by atoms with van der Waals surface area (Å²) < 4.78 is 0. The highest BCUT2D eigenvalue weighted by atomic mass is 35.5. The highest BCUT2D eigenvalue weighted by Crippen LogP contribution is 2.23.